The van der Waals surface area contributed by atoms with Crippen LogP contribution in [0.25, 0.3) is 0 Å². The van der Waals surface area contributed by atoms with Gasteiger partial charge in [-0.25, -0.2) is 9.13 Å². The van der Waals surface area contributed by atoms with Crippen molar-refractivity contribution in [1.82, 2.24) is 0 Å². The number of hydrogen-bond donors (Lipinski definition) is 4. The summed E-state index contributed by atoms with van der Waals surface area (Å²) in [4.78, 5) is 58.9. The Bertz CT molecular complexity index is 2880. The van der Waals surface area contributed by atoms with Gasteiger partial charge in [-0.2, -0.15) is 0 Å². The van der Waals surface area contributed by atoms with Gasteiger partial charge in [0.1, 0.15) is 25.4 Å². The zero-order valence-electron chi connectivity index (χ0n) is 70.2. The number of unbranched alkanes of at least 4 members (excludes halogenated alkanes) is 23. The van der Waals surface area contributed by atoms with E-state index in [2.05, 4.69) is 227 Å². The van der Waals surface area contributed by atoms with E-state index in [1.165, 1.54) is 38.5 Å². The number of allylic oxidation sites excluding steroid dienone is 34. The highest BCUT2D eigenvalue weighted by molar-refractivity contribution is 7.47. The van der Waals surface area contributed by atoms with Crippen molar-refractivity contribution in [3.63, 3.8) is 0 Å². The third kappa shape index (κ3) is 86.8. The molecule has 0 saturated heterocycles. The van der Waals surface area contributed by atoms with Gasteiger partial charge in [0.25, 0.3) is 0 Å². The predicted octanol–water partition coefficient (Wildman–Crippen LogP) is 26.4. The fraction of sp³-hybridized carbons (Fsp3) is 0.611. The molecule has 0 heterocycles. The number of aliphatic hydroxyl groups is 2. The van der Waals surface area contributed by atoms with Crippen LogP contribution < -0.4 is 0 Å². The quantitative estimate of drug-likeness (QED) is 0.0146. The lowest BCUT2D eigenvalue weighted by molar-refractivity contribution is -0.161. The van der Waals surface area contributed by atoms with Crippen molar-refractivity contribution in [3.8, 4) is 0 Å². The van der Waals surface area contributed by atoms with Crippen molar-refractivity contribution in [2.24, 2.45) is 0 Å². The van der Waals surface area contributed by atoms with Gasteiger partial charge in [-0.3, -0.25) is 32.5 Å². The molecule has 0 fully saturated rings. The Morgan fingerprint density at radius 2 is 0.442 bits per heavy atom. The molecule has 4 N–H and O–H groups in total. The van der Waals surface area contributed by atoms with Gasteiger partial charge in [-0.1, -0.05) is 337 Å². The molecule has 0 aromatic rings. The maximum atomic E-state index is 13.0. The van der Waals surface area contributed by atoms with Crippen LogP contribution in [0.2, 0.25) is 0 Å². The first kappa shape index (κ1) is 107. The minimum Gasteiger partial charge on any atom is -0.463 e. The van der Waals surface area contributed by atoms with Gasteiger partial charge in [-0.05, 0) is 167 Å². The largest absolute Gasteiger partial charge is 0.472 e. The zero-order valence-corrected chi connectivity index (χ0v) is 72.0. The van der Waals surface area contributed by atoms with Crippen LogP contribution >= 0.6 is 15.6 Å². The molecular weight excluding hydrogens is 1460 g/mol. The third-order valence-electron chi connectivity index (χ3n) is 17.5. The molecule has 0 aliphatic carbocycles. The number of rotatable bonds is 80. The Morgan fingerprint density at radius 1 is 0.248 bits per heavy atom. The van der Waals surface area contributed by atoms with Crippen molar-refractivity contribution in [3.05, 3.63) is 207 Å². The summed E-state index contributed by atoms with van der Waals surface area (Å²) in [6, 6.07) is 0. The normalized spacial score (nSPS) is 14.9. The molecule has 18 heteroatoms. The van der Waals surface area contributed by atoms with E-state index in [9.17, 15) is 43.5 Å². The molecule has 0 bridgehead atoms. The highest BCUT2D eigenvalue weighted by Gasteiger charge is 2.29. The highest BCUT2D eigenvalue weighted by atomic mass is 31.2. The van der Waals surface area contributed by atoms with Crippen LogP contribution in [0.4, 0.5) is 0 Å². The van der Waals surface area contributed by atoms with Crippen LogP contribution in [0.15, 0.2) is 207 Å². The van der Waals surface area contributed by atoms with Gasteiger partial charge >= 0.3 is 33.6 Å². The molecule has 113 heavy (non-hydrogen) atoms. The second-order valence-electron chi connectivity index (χ2n) is 28.2. The first-order valence-corrected chi connectivity index (χ1v) is 46.4. The summed E-state index contributed by atoms with van der Waals surface area (Å²) in [5, 5.41) is 20.7. The second kappa shape index (κ2) is 85.5. The van der Waals surface area contributed by atoms with Gasteiger partial charge in [-0.15, -0.1) is 0 Å². The first-order chi connectivity index (χ1) is 55.2. The molecule has 5 atom stereocenters. The Morgan fingerprint density at radius 3 is 0.699 bits per heavy atom. The summed E-state index contributed by atoms with van der Waals surface area (Å²) >= 11 is 0. The van der Waals surface area contributed by atoms with Crippen LogP contribution in [0, 0.1) is 0 Å². The van der Waals surface area contributed by atoms with Crippen LogP contribution in [0.1, 0.15) is 316 Å². The average molecular weight is 1610 g/mol. The van der Waals surface area contributed by atoms with E-state index in [1.54, 1.807) is 0 Å². The van der Waals surface area contributed by atoms with Crippen molar-refractivity contribution < 1.29 is 75.8 Å². The minimum absolute atomic E-state index is 0.0723. The number of hydrogen-bond acceptors (Lipinski definition) is 14. The molecule has 0 radical (unpaired) electrons. The topological polar surface area (TPSA) is 231 Å². The summed E-state index contributed by atoms with van der Waals surface area (Å²) in [7, 11) is -9.83. The van der Waals surface area contributed by atoms with Crippen molar-refractivity contribution >= 4 is 33.6 Å². The van der Waals surface area contributed by atoms with Crippen molar-refractivity contribution in [2.45, 2.75) is 334 Å². The predicted molar refractivity (Wildman–Crippen MR) is 472 cm³/mol. The first-order valence-electron chi connectivity index (χ1n) is 43.4. The van der Waals surface area contributed by atoms with Crippen LogP contribution in [-0.4, -0.2) is 95.9 Å². The number of ether oxygens (including phenoxy) is 3. The van der Waals surface area contributed by atoms with Crippen molar-refractivity contribution in [2.75, 3.05) is 39.6 Å². The lowest BCUT2D eigenvalue weighted by Crippen LogP contribution is -2.30. The maximum Gasteiger partial charge on any atom is 0.472 e. The van der Waals surface area contributed by atoms with Gasteiger partial charge in [0.2, 0.25) is 0 Å². The SMILES string of the molecule is CC/C=C\C/C=C\C/C=C\C/C=C\C/C=C\C/C=C\CCCCCCCCCCCCC(=O)OCC(O)COP(=O)(O)OCC(O)COP(=O)(O)OCC(COC(=O)CCCCCCCCCC/C=C\C/C=C\C/C=C\C/C=C\C/C=C\C/C=C\CC)OC(=O)CCCCCCC/C=C\C/C=C\C/C=C\C/C=C\C/C=C\CC. The molecule has 16 nitrogen and oxygen atoms in total. The molecule has 0 spiro atoms. The zero-order chi connectivity index (χ0) is 82.2. The lowest BCUT2D eigenvalue weighted by atomic mass is 10.1. The summed E-state index contributed by atoms with van der Waals surface area (Å²) in [6.07, 6.45) is 114. The molecule has 0 aromatic carbocycles. The Hall–Kier alpha value is -5.87. The molecular formula is C95H154O16P2. The number of carbonyl (C=O) groups is 3. The van der Waals surface area contributed by atoms with Crippen LogP contribution in [0.5, 0.6) is 0 Å². The fourth-order valence-corrected chi connectivity index (χ4v) is 12.6. The van der Waals surface area contributed by atoms with Gasteiger partial charge < -0.3 is 34.2 Å². The maximum absolute atomic E-state index is 13.0. The monoisotopic (exact) mass is 1610 g/mol. The van der Waals surface area contributed by atoms with E-state index >= 15 is 0 Å². The number of carbonyl (C=O) groups excluding carboxylic acids is 3. The van der Waals surface area contributed by atoms with Gasteiger partial charge in [0.15, 0.2) is 6.10 Å². The molecule has 0 aliphatic heterocycles. The lowest BCUT2D eigenvalue weighted by Gasteiger charge is -2.21. The number of phosphoric acid groups is 2. The molecule has 0 aromatic heterocycles. The second-order valence-corrected chi connectivity index (χ2v) is 31.1. The van der Waals surface area contributed by atoms with Crippen LogP contribution in [0.3, 0.4) is 0 Å². The van der Waals surface area contributed by atoms with Crippen LogP contribution in [-0.2, 0) is 55.8 Å². The van der Waals surface area contributed by atoms with Gasteiger partial charge in [0.05, 0.1) is 26.4 Å². The third-order valence-corrected chi connectivity index (χ3v) is 19.4. The smallest absolute Gasteiger partial charge is 0.463 e. The fourth-order valence-electron chi connectivity index (χ4n) is 11.0. The number of phosphoric ester groups is 2. The van der Waals surface area contributed by atoms with E-state index in [-0.39, 0.29) is 19.3 Å². The van der Waals surface area contributed by atoms with E-state index in [0.29, 0.717) is 19.3 Å². The molecule has 0 saturated carbocycles. The molecule has 640 valence electrons. The standard InChI is InChI=1S/C95H154O16P2/c1-4-7-10-13-16-19-22-25-28-31-34-37-39-41-43-44-46-48-49-52-54-57-60-63-66-69-72-75-78-81-93(98)105-84-90(96)85-107-112(101,102)108-86-91(97)87-109-113(103,104)110-89-92(111-95(100)83-80-77-74-71-68-65-62-59-56-51-36-33-30-27-24-21-18-15-12-9-6-3)88-106-94(99)82-79-76-73-70-67-64-61-58-55-53-50-47-45-42-40-38-35-32-29-26-23-20-17-14-11-8-5-2/h7-12,16-21,25-30,34-38,41-43,45-46,48,50-51,53,59,62,90-92,96-97H,4-6,13-15,22-24,31-33,39-40,44,47,49,52,54-58,60-61,63-89H2,1-3H3,(H,101,102)(H,103,104)/b10-7-,11-8-,12-9-,19-16-,20-17-,21-18-,28-25-,29-26-,30-27-,37-34-,38-35-,43-41-,45-42-,48-46-,51-36-,53-50-,62-59-. The summed E-state index contributed by atoms with van der Waals surface area (Å²) < 4.78 is 61.4. The Balaban J connectivity index is 4.69. The van der Waals surface area contributed by atoms with Crippen molar-refractivity contribution in [1.29, 1.82) is 0 Å². The Labute approximate surface area is 686 Å². The average Bonchev–Trinajstić information content (AvgIpc) is 0.903. The number of aliphatic hydroxyl groups excluding tert-OH is 2. The Kier molecular flexibility index (Phi) is 81.1. The minimum atomic E-state index is -4.96. The van der Waals surface area contributed by atoms with E-state index < -0.39 is 91.5 Å². The summed E-state index contributed by atoms with van der Waals surface area (Å²) in [5.41, 5.74) is 0. The molecule has 0 aliphatic rings. The molecule has 5 unspecified atom stereocenters. The molecule has 0 rings (SSSR count). The number of esters is 3. The van der Waals surface area contributed by atoms with E-state index in [4.69, 9.17) is 32.3 Å². The van der Waals surface area contributed by atoms with E-state index in [0.717, 1.165) is 218 Å². The van der Waals surface area contributed by atoms with E-state index in [1.807, 2.05) is 0 Å². The molecule has 0 amide bonds. The summed E-state index contributed by atoms with van der Waals surface area (Å²) in [5.74, 6) is -1.62. The summed E-state index contributed by atoms with van der Waals surface area (Å²) in [6.45, 7) is 2.30. The van der Waals surface area contributed by atoms with Gasteiger partial charge in [0, 0.05) is 19.3 Å². The highest BCUT2D eigenvalue weighted by Crippen LogP contribution is 2.45.